The molecule has 0 fully saturated rings. The highest BCUT2D eigenvalue weighted by Crippen LogP contribution is 2.35. The van der Waals surface area contributed by atoms with Crippen molar-refractivity contribution in [1.82, 2.24) is 9.97 Å². The van der Waals surface area contributed by atoms with E-state index in [9.17, 15) is 17.6 Å². The number of hydrogen-bond donors (Lipinski definition) is 1. The van der Waals surface area contributed by atoms with E-state index in [0.717, 1.165) is 6.07 Å². The third kappa shape index (κ3) is 2.37. The molecule has 0 aliphatic carbocycles. The van der Waals surface area contributed by atoms with Crippen molar-refractivity contribution in [2.24, 2.45) is 0 Å². The van der Waals surface area contributed by atoms with Gasteiger partial charge in [0.05, 0.1) is 16.6 Å². The Balaban J connectivity index is 2.20. The van der Waals surface area contributed by atoms with Gasteiger partial charge in [0, 0.05) is 5.56 Å². The topological polar surface area (TPSA) is 28.7 Å². The molecule has 1 heterocycles. The van der Waals surface area contributed by atoms with Gasteiger partial charge in [-0.15, -0.1) is 0 Å². The molecule has 3 aromatic rings. The quantitative estimate of drug-likeness (QED) is 0.648. The molecule has 3 rings (SSSR count). The predicted molar refractivity (Wildman–Crippen MR) is 71.2 cm³/mol. The molecule has 21 heavy (non-hydrogen) atoms. The van der Waals surface area contributed by atoms with E-state index < -0.39 is 17.6 Å². The molecule has 1 aromatic heterocycles. The van der Waals surface area contributed by atoms with E-state index in [1.165, 1.54) is 13.0 Å². The zero-order valence-corrected chi connectivity index (χ0v) is 10.9. The zero-order valence-electron chi connectivity index (χ0n) is 10.9. The number of H-pyrrole nitrogens is 1. The van der Waals surface area contributed by atoms with Gasteiger partial charge in [-0.2, -0.15) is 13.2 Å². The molecule has 2 nitrogen and oxygen atoms in total. The van der Waals surface area contributed by atoms with E-state index in [1.54, 1.807) is 24.3 Å². The van der Waals surface area contributed by atoms with Crippen molar-refractivity contribution in [2.45, 2.75) is 13.1 Å². The summed E-state index contributed by atoms with van der Waals surface area (Å²) in [5, 5.41) is 0. The van der Waals surface area contributed by atoms with Crippen molar-refractivity contribution in [3.05, 3.63) is 53.3 Å². The molecule has 6 heteroatoms. The highest BCUT2D eigenvalue weighted by Gasteiger charge is 2.35. The highest BCUT2D eigenvalue weighted by atomic mass is 19.4. The standard InChI is InChI=1S/C15H10F4N2/c1-8-6-9(7-10(13(8)16)15(17,18)19)14-20-11-4-2-3-5-12(11)21-14/h2-7H,1H3,(H,20,21). The number of aromatic amines is 1. The number of halogens is 4. The summed E-state index contributed by atoms with van der Waals surface area (Å²) in [5.74, 6) is -0.966. The fourth-order valence-corrected chi connectivity index (χ4v) is 2.20. The summed E-state index contributed by atoms with van der Waals surface area (Å²) in [4.78, 5) is 7.17. The van der Waals surface area contributed by atoms with Crippen LogP contribution in [0.4, 0.5) is 17.6 Å². The number of rotatable bonds is 1. The predicted octanol–water partition coefficient (Wildman–Crippen LogP) is 4.70. The molecule has 2 aromatic carbocycles. The number of imidazole rings is 1. The van der Waals surface area contributed by atoms with Gasteiger partial charge in [-0.05, 0) is 36.8 Å². The molecule has 0 bridgehead atoms. The van der Waals surface area contributed by atoms with Crippen LogP contribution in [0.15, 0.2) is 36.4 Å². The van der Waals surface area contributed by atoms with E-state index in [2.05, 4.69) is 9.97 Å². The van der Waals surface area contributed by atoms with Gasteiger partial charge in [-0.1, -0.05) is 12.1 Å². The molecule has 0 saturated heterocycles. The minimum absolute atomic E-state index is 0.0692. The summed E-state index contributed by atoms with van der Waals surface area (Å²) in [6.45, 7) is 1.30. The summed E-state index contributed by atoms with van der Waals surface area (Å²) in [6.07, 6.45) is -4.74. The van der Waals surface area contributed by atoms with Crippen molar-refractivity contribution in [1.29, 1.82) is 0 Å². The monoisotopic (exact) mass is 294 g/mol. The van der Waals surface area contributed by atoms with Gasteiger partial charge in [-0.25, -0.2) is 9.37 Å². The van der Waals surface area contributed by atoms with Crippen molar-refractivity contribution >= 4 is 11.0 Å². The molecule has 0 atom stereocenters. The van der Waals surface area contributed by atoms with Crippen LogP contribution < -0.4 is 0 Å². The maximum atomic E-state index is 13.6. The number of hydrogen-bond acceptors (Lipinski definition) is 1. The van der Waals surface area contributed by atoms with Crippen molar-refractivity contribution < 1.29 is 17.6 Å². The van der Waals surface area contributed by atoms with Gasteiger partial charge in [0.25, 0.3) is 0 Å². The lowest BCUT2D eigenvalue weighted by Crippen LogP contribution is -2.09. The van der Waals surface area contributed by atoms with E-state index in [4.69, 9.17) is 0 Å². The Bertz CT molecular complexity index is 785. The van der Waals surface area contributed by atoms with Crippen LogP contribution in [0.1, 0.15) is 11.1 Å². The van der Waals surface area contributed by atoms with Crippen LogP contribution in [0.2, 0.25) is 0 Å². The second kappa shape index (κ2) is 4.58. The van der Waals surface area contributed by atoms with Gasteiger partial charge in [0.1, 0.15) is 11.6 Å². The number of benzene rings is 2. The number of fused-ring (bicyclic) bond motifs is 1. The summed E-state index contributed by atoms with van der Waals surface area (Å²) in [6, 6.07) is 9.22. The Kier molecular flexibility index (Phi) is 2.97. The number of nitrogens with zero attached hydrogens (tertiary/aromatic N) is 1. The van der Waals surface area contributed by atoms with Crippen LogP contribution in [-0.4, -0.2) is 9.97 Å². The molecule has 0 spiro atoms. The fourth-order valence-electron chi connectivity index (χ4n) is 2.20. The van der Waals surface area contributed by atoms with Crippen molar-refractivity contribution in [3.8, 4) is 11.4 Å². The molecule has 108 valence electrons. The van der Waals surface area contributed by atoms with E-state index in [-0.39, 0.29) is 17.0 Å². The van der Waals surface area contributed by atoms with E-state index in [1.807, 2.05) is 0 Å². The molecular formula is C15H10F4N2. The average Bonchev–Trinajstić information content (AvgIpc) is 2.84. The Morgan fingerprint density at radius 2 is 1.81 bits per heavy atom. The first kappa shape index (κ1) is 13.6. The van der Waals surface area contributed by atoms with Crippen molar-refractivity contribution in [3.63, 3.8) is 0 Å². The van der Waals surface area contributed by atoms with Crippen molar-refractivity contribution in [2.75, 3.05) is 0 Å². The van der Waals surface area contributed by atoms with Gasteiger partial charge >= 0.3 is 6.18 Å². The Labute approximate surface area is 117 Å². The smallest absolute Gasteiger partial charge is 0.338 e. The molecule has 0 aliphatic heterocycles. The summed E-state index contributed by atoms with van der Waals surface area (Å²) >= 11 is 0. The van der Waals surface area contributed by atoms with Crippen LogP contribution in [0.5, 0.6) is 0 Å². The third-order valence-electron chi connectivity index (χ3n) is 3.22. The number of aryl methyl sites for hydroxylation is 1. The lowest BCUT2D eigenvalue weighted by molar-refractivity contribution is -0.140. The zero-order chi connectivity index (χ0) is 15.2. The van der Waals surface area contributed by atoms with Gasteiger partial charge in [0.15, 0.2) is 0 Å². The SMILES string of the molecule is Cc1cc(-c2nc3ccccc3[nH]2)cc(C(F)(F)F)c1F. The first-order chi connectivity index (χ1) is 9.86. The number of alkyl halides is 3. The Hall–Kier alpha value is -2.37. The number of nitrogens with one attached hydrogen (secondary N) is 1. The molecule has 0 aliphatic rings. The van der Waals surface area contributed by atoms with Gasteiger partial charge in [-0.3, -0.25) is 0 Å². The second-order valence-electron chi connectivity index (χ2n) is 4.76. The molecule has 0 radical (unpaired) electrons. The number of aromatic nitrogens is 2. The molecule has 0 unspecified atom stereocenters. The van der Waals surface area contributed by atoms with E-state index in [0.29, 0.717) is 11.0 Å². The third-order valence-corrected chi connectivity index (χ3v) is 3.22. The maximum absolute atomic E-state index is 13.6. The maximum Gasteiger partial charge on any atom is 0.419 e. The first-order valence-corrected chi connectivity index (χ1v) is 6.19. The average molecular weight is 294 g/mol. The van der Waals surface area contributed by atoms with Crippen LogP contribution in [-0.2, 0) is 6.18 Å². The first-order valence-electron chi connectivity index (χ1n) is 6.19. The van der Waals surface area contributed by atoms with Gasteiger partial charge < -0.3 is 4.98 Å². The Morgan fingerprint density at radius 1 is 1.10 bits per heavy atom. The summed E-state index contributed by atoms with van der Waals surface area (Å²) in [5.41, 5.74) is 0.210. The van der Waals surface area contributed by atoms with E-state index >= 15 is 0 Å². The Morgan fingerprint density at radius 3 is 2.48 bits per heavy atom. The lowest BCUT2D eigenvalue weighted by Gasteiger charge is -2.11. The van der Waals surface area contributed by atoms with Crippen LogP contribution >= 0.6 is 0 Å². The fraction of sp³-hybridized carbons (Fsp3) is 0.133. The summed E-state index contributed by atoms with van der Waals surface area (Å²) < 4.78 is 52.2. The molecule has 0 amide bonds. The highest BCUT2D eigenvalue weighted by molar-refractivity contribution is 5.79. The largest absolute Gasteiger partial charge is 0.419 e. The summed E-state index contributed by atoms with van der Waals surface area (Å²) in [7, 11) is 0. The lowest BCUT2D eigenvalue weighted by atomic mass is 10.0. The number of para-hydroxylation sites is 2. The minimum atomic E-state index is -4.74. The van der Waals surface area contributed by atoms with Crippen LogP contribution in [0.25, 0.3) is 22.4 Å². The minimum Gasteiger partial charge on any atom is -0.338 e. The van der Waals surface area contributed by atoms with Crippen LogP contribution in [0.3, 0.4) is 0 Å². The van der Waals surface area contributed by atoms with Gasteiger partial charge in [0.2, 0.25) is 0 Å². The molecule has 1 N–H and O–H groups in total. The normalized spacial score (nSPS) is 12.0. The molecule has 0 saturated carbocycles. The van der Waals surface area contributed by atoms with Crippen LogP contribution in [0, 0.1) is 12.7 Å². The molecular weight excluding hydrogens is 284 g/mol. The second-order valence-corrected chi connectivity index (χ2v) is 4.76.